The number of nitrogens with zero attached hydrogens (tertiary/aromatic N) is 2. The number of ether oxygens (including phenoxy) is 2. The molecule has 18 heavy (non-hydrogen) atoms. The summed E-state index contributed by atoms with van der Waals surface area (Å²) in [5.41, 5.74) is 1.06. The van der Waals surface area contributed by atoms with Crippen LogP contribution in [0, 0.1) is 0 Å². The third-order valence-electron chi connectivity index (χ3n) is 2.61. The van der Waals surface area contributed by atoms with E-state index in [1.54, 1.807) is 7.11 Å². The second-order valence-electron chi connectivity index (χ2n) is 4.24. The Labute approximate surface area is 109 Å². The largest absolute Gasteiger partial charge is 0.383 e. The summed E-state index contributed by atoms with van der Waals surface area (Å²) in [4.78, 5) is 4.33. The Morgan fingerprint density at radius 3 is 3.00 bits per heavy atom. The summed E-state index contributed by atoms with van der Waals surface area (Å²) in [6.07, 6.45) is 6.24. The Morgan fingerprint density at radius 1 is 1.33 bits per heavy atom. The van der Waals surface area contributed by atoms with Crippen LogP contribution in [0.25, 0.3) is 0 Å². The molecule has 0 aliphatic heterocycles. The molecule has 0 saturated heterocycles. The molecule has 0 unspecified atom stereocenters. The first-order valence-corrected chi connectivity index (χ1v) is 6.65. The third-order valence-corrected chi connectivity index (χ3v) is 2.61. The summed E-state index contributed by atoms with van der Waals surface area (Å²) in [6.45, 7) is 7.02. The molecule has 0 aliphatic rings. The van der Waals surface area contributed by atoms with Gasteiger partial charge in [0.25, 0.3) is 0 Å². The predicted molar refractivity (Wildman–Crippen MR) is 71.5 cm³/mol. The summed E-state index contributed by atoms with van der Waals surface area (Å²) < 4.78 is 12.6. The van der Waals surface area contributed by atoms with E-state index in [-0.39, 0.29) is 0 Å². The molecule has 1 aromatic heterocycles. The van der Waals surface area contributed by atoms with Gasteiger partial charge in [-0.15, -0.1) is 0 Å². The second kappa shape index (κ2) is 10.1. The number of nitrogens with one attached hydrogen (secondary N) is 1. The third kappa shape index (κ3) is 6.74. The molecule has 1 rings (SSSR count). The van der Waals surface area contributed by atoms with Crippen molar-refractivity contribution in [3.8, 4) is 0 Å². The summed E-state index contributed by atoms with van der Waals surface area (Å²) in [5, 5.41) is 3.27. The molecule has 0 saturated carbocycles. The highest BCUT2D eigenvalue weighted by atomic mass is 16.5. The molecule has 0 atom stereocenters. The average molecular weight is 255 g/mol. The molecule has 0 aromatic carbocycles. The van der Waals surface area contributed by atoms with Crippen LogP contribution in [0.15, 0.2) is 12.5 Å². The van der Waals surface area contributed by atoms with E-state index in [1.165, 1.54) is 6.42 Å². The lowest BCUT2D eigenvalue weighted by Crippen LogP contribution is -2.18. The minimum Gasteiger partial charge on any atom is -0.383 e. The Hall–Kier alpha value is -0.910. The number of imidazole rings is 1. The molecule has 5 nitrogen and oxygen atoms in total. The maximum atomic E-state index is 5.52. The number of unbranched alkanes of at least 4 members (excludes halogenated alkanes) is 1. The molecule has 104 valence electrons. The van der Waals surface area contributed by atoms with E-state index in [4.69, 9.17) is 9.47 Å². The SMILES string of the molecule is CCCCOCCn1cnc(CNCCOC)c1. The fourth-order valence-electron chi connectivity index (χ4n) is 1.53. The topological polar surface area (TPSA) is 48.3 Å². The van der Waals surface area contributed by atoms with Gasteiger partial charge in [-0.2, -0.15) is 0 Å². The van der Waals surface area contributed by atoms with E-state index >= 15 is 0 Å². The standard InChI is InChI=1S/C13H25N3O2/c1-3-4-7-18-9-6-16-11-13(15-12-16)10-14-5-8-17-2/h11-12,14H,3-10H2,1-2H3. The zero-order valence-corrected chi connectivity index (χ0v) is 11.5. The number of rotatable bonds is 11. The highest BCUT2D eigenvalue weighted by Crippen LogP contribution is 1.96. The fourth-order valence-corrected chi connectivity index (χ4v) is 1.53. The van der Waals surface area contributed by atoms with Crippen LogP contribution < -0.4 is 5.32 Å². The number of hydrogen-bond donors (Lipinski definition) is 1. The van der Waals surface area contributed by atoms with Crippen LogP contribution in [0.5, 0.6) is 0 Å². The molecule has 0 aliphatic carbocycles. The van der Waals surface area contributed by atoms with Gasteiger partial charge in [-0.05, 0) is 6.42 Å². The van der Waals surface area contributed by atoms with Gasteiger partial charge in [0.1, 0.15) is 0 Å². The smallest absolute Gasteiger partial charge is 0.0950 e. The maximum absolute atomic E-state index is 5.52. The van der Waals surface area contributed by atoms with Crippen molar-refractivity contribution >= 4 is 0 Å². The molecule has 5 heteroatoms. The average Bonchev–Trinajstić information content (AvgIpc) is 2.82. The maximum Gasteiger partial charge on any atom is 0.0950 e. The summed E-state index contributed by atoms with van der Waals surface area (Å²) in [5.74, 6) is 0. The molecule has 0 bridgehead atoms. The van der Waals surface area contributed by atoms with E-state index in [2.05, 4.69) is 28.0 Å². The van der Waals surface area contributed by atoms with Crippen molar-refractivity contribution in [3.05, 3.63) is 18.2 Å². The lowest BCUT2D eigenvalue weighted by Gasteiger charge is -2.03. The fraction of sp³-hybridized carbons (Fsp3) is 0.769. The first-order chi connectivity index (χ1) is 8.86. The van der Waals surface area contributed by atoms with Gasteiger partial charge in [0.2, 0.25) is 0 Å². The quantitative estimate of drug-likeness (QED) is 0.608. The molecule has 1 N–H and O–H groups in total. The Balaban J connectivity index is 2.10. The summed E-state index contributed by atoms with van der Waals surface area (Å²) >= 11 is 0. The lowest BCUT2D eigenvalue weighted by atomic mass is 10.4. The van der Waals surface area contributed by atoms with Crippen molar-refractivity contribution in [2.45, 2.75) is 32.9 Å². The number of hydrogen-bond acceptors (Lipinski definition) is 4. The van der Waals surface area contributed by atoms with Gasteiger partial charge in [0.05, 0.1) is 25.2 Å². The summed E-state index contributed by atoms with van der Waals surface area (Å²) in [7, 11) is 1.70. The second-order valence-corrected chi connectivity index (χ2v) is 4.24. The van der Waals surface area contributed by atoms with Crippen molar-refractivity contribution in [1.29, 1.82) is 0 Å². The van der Waals surface area contributed by atoms with Crippen LogP contribution >= 0.6 is 0 Å². The molecule has 1 aromatic rings. The molecule has 0 radical (unpaired) electrons. The van der Waals surface area contributed by atoms with Crippen molar-refractivity contribution in [2.24, 2.45) is 0 Å². The molecule has 0 amide bonds. The predicted octanol–water partition coefficient (Wildman–Crippen LogP) is 1.44. The van der Waals surface area contributed by atoms with Crippen LogP contribution in [0.4, 0.5) is 0 Å². The first kappa shape index (κ1) is 15.1. The lowest BCUT2D eigenvalue weighted by molar-refractivity contribution is 0.123. The van der Waals surface area contributed by atoms with E-state index in [0.717, 1.165) is 51.6 Å². The van der Waals surface area contributed by atoms with Crippen LogP contribution in [0.2, 0.25) is 0 Å². The van der Waals surface area contributed by atoms with Crippen molar-refractivity contribution in [2.75, 3.05) is 33.5 Å². The first-order valence-electron chi connectivity index (χ1n) is 6.65. The van der Waals surface area contributed by atoms with Gasteiger partial charge < -0.3 is 19.4 Å². The highest BCUT2D eigenvalue weighted by molar-refractivity contribution is 4.95. The normalized spacial score (nSPS) is 11.0. The van der Waals surface area contributed by atoms with E-state index in [9.17, 15) is 0 Å². The van der Waals surface area contributed by atoms with Crippen molar-refractivity contribution in [3.63, 3.8) is 0 Å². The van der Waals surface area contributed by atoms with Crippen molar-refractivity contribution < 1.29 is 9.47 Å². The molecule has 1 heterocycles. The Bertz CT molecular complexity index is 302. The van der Waals surface area contributed by atoms with Gasteiger partial charge in [0.15, 0.2) is 0 Å². The molecule has 0 fully saturated rings. The highest BCUT2D eigenvalue weighted by Gasteiger charge is 1.98. The minimum absolute atomic E-state index is 0.728. The Kier molecular flexibility index (Phi) is 8.46. The van der Waals surface area contributed by atoms with Crippen LogP contribution in [0.1, 0.15) is 25.5 Å². The van der Waals surface area contributed by atoms with Gasteiger partial charge in [-0.1, -0.05) is 13.3 Å². The van der Waals surface area contributed by atoms with Crippen LogP contribution in [-0.4, -0.2) is 43.0 Å². The minimum atomic E-state index is 0.728. The Morgan fingerprint density at radius 2 is 2.22 bits per heavy atom. The van der Waals surface area contributed by atoms with E-state index < -0.39 is 0 Å². The molecule has 0 spiro atoms. The summed E-state index contributed by atoms with van der Waals surface area (Å²) in [6, 6.07) is 0. The van der Waals surface area contributed by atoms with Crippen LogP contribution in [0.3, 0.4) is 0 Å². The van der Waals surface area contributed by atoms with Gasteiger partial charge >= 0.3 is 0 Å². The zero-order valence-electron chi connectivity index (χ0n) is 11.5. The van der Waals surface area contributed by atoms with Crippen molar-refractivity contribution in [1.82, 2.24) is 14.9 Å². The van der Waals surface area contributed by atoms with Gasteiger partial charge in [-0.3, -0.25) is 0 Å². The van der Waals surface area contributed by atoms with Gasteiger partial charge in [-0.25, -0.2) is 4.98 Å². The van der Waals surface area contributed by atoms with Crippen LogP contribution in [-0.2, 0) is 22.6 Å². The zero-order chi connectivity index (χ0) is 13.1. The molecular formula is C13H25N3O2. The van der Waals surface area contributed by atoms with E-state index in [1.807, 2.05) is 6.33 Å². The number of methoxy groups -OCH3 is 1. The van der Waals surface area contributed by atoms with E-state index in [0.29, 0.717) is 0 Å². The molecular weight excluding hydrogens is 230 g/mol. The number of aromatic nitrogens is 2. The van der Waals surface area contributed by atoms with Gasteiger partial charge in [0, 0.05) is 39.5 Å². The monoisotopic (exact) mass is 255 g/mol.